The van der Waals surface area contributed by atoms with Gasteiger partial charge in [0.05, 0.1) is 30.8 Å². The summed E-state index contributed by atoms with van der Waals surface area (Å²) in [5.74, 6) is -0.963. The molecular formula is C27H20F5N5O2. The third-order valence-corrected chi connectivity index (χ3v) is 6.19. The summed E-state index contributed by atoms with van der Waals surface area (Å²) >= 11 is 0. The quantitative estimate of drug-likeness (QED) is 0.265. The molecule has 0 radical (unpaired) electrons. The van der Waals surface area contributed by atoms with Gasteiger partial charge in [0.25, 0.3) is 5.56 Å². The maximum absolute atomic E-state index is 15.0. The maximum Gasteiger partial charge on any atom is 0.421 e. The predicted octanol–water partition coefficient (Wildman–Crippen LogP) is 5.52. The van der Waals surface area contributed by atoms with Crippen molar-refractivity contribution in [3.63, 3.8) is 0 Å². The molecule has 0 unspecified atom stereocenters. The lowest BCUT2D eigenvalue weighted by molar-refractivity contribution is -0.138. The van der Waals surface area contributed by atoms with E-state index in [4.69, 9.17) is 4.74 Å². The summed E-state index contributed by atoms with van der Waals surface area (Å²) in [6.45, 7) is 2.64. The average molecular weight is 541 g/mol. The van der Waals surface area contributed by atoms with Gasteiger partial charge in [0, 0.05) is 34.1 Å². The molecule has 0 fully saturated rings. The molecule has 5 rings (SSSR count). The number of halogens is 5. The summed E-state index contributed by atoms with van der Waals surface area (Å²) in [4.78, 5) is 21.0. The Labute approximate surface area is 218 Å². The van der Waals surface area contributed by atoms with Gasteiger partial charge in [0.2, 0.25) is 0 Å². The maximum atomic E-state index is 15.0. The van der Waals surface area contributed by atoms with E-state index in [1.807, 2.05) is 0 Å². The highest BCUT2D eigenvalue weighted by molar-refractivity contribution is 5.91. The minimum absolute atomic E-state index is 0.0332. The highest BCUT2D eigenvalue weighted by Gasteiger charge is 2.34. The Bertz CT molecular complexity index is 1760. The molecule has 0 N–H and O–H groups in total. The Kier molecular flexibility index (Phi) is 6.62. The van der Waals surface area contributed by atoms with Crippen LogP contribution < -0.4 is 10.3 Å². The zero-order valence-electron chi connectivity index (χ0n) is 20.6. The summed E-state index contributed by atoms with van der Waals surface area (Å²) < 4.78 is 76.6. The second-order valence-corrected chi connectivity index (χ2v) is 8.83. The molecule has 1 aromatic carbocycles. The summed E-state index contributed by atoms with van der Waals surface area (Å²) in [5.41, 5.74) is -0.423. The number of hydrogen-bond acceptors (Lipinski definition) is 5. The second kappa shape index (κ2) is 9.93. The molecule has 4 aromatic heterocycles. The minimum Gasteiger partial charge on any atom is -0.486 e. The van der Waals surface area contributed by atoms with Crippen LogP contribution in [0.4, 0.5) is 22.0 Å². The zero-order chi connectivity index (χ0) is 27.9. The average Bonchev–Trinajstić information content (AvgIpc) is 3.32. The van der Waals surface area contributed by atoms with Crippen molar-refractivity contribution in [3.8, 4) is 11.4 Å². The molecule has 4 heterocycles. The van der Waals surface area contributed by atoms with Crippen LogP contribution in [0.25, 0.3) is 16.6 Å². The number of ether oxygens (including phenoxy) is 1. The van der Waals surface area contributed by atoms with Crippen molar-refractivity contribution in [2.75, 3.05) is 0 Å². The van der Waals surface area contributed by atoms with Crippen LogP contribution in [0.5, 0.6) is 5.75 Å². The van der Waals surface area contributed by atoms with E-state index < -0.39 is 28.9 Å². The number of rotatable bonds is 6. The van der Waals surface area contributed by atoms with Crippen molar-refractivity contribution in [2.24, 2.45) is 0 Å². The SMILES string of the molecule is Cc1cc(-n2cc(F)cn2)c2cccc(OCc3c(F)cnc(C)c3Cn3cccc(C(F)(F)F)c3=O)c2n1. The smallest absolute Gasteiger partial charge is 0.421 e. The predicted molar refractivity (Wildman–Crippen MR) is 132 cm³/mol. The van der Waals surface area contributed by atoms with E-state index in [1.54, 1.807) is 38.1 Å². The van der Waals surface area contributed by atoms with Crippen LogP contribution in [0.1, 0.15) is 28.1 Å². The Hall–Kier alpha value is -4.61. The van der Waals surface area contributed by atoms with Crippen LogP contribution in [0.2, 0.25) is 0 Å². The molecule has 0 bridgehead atoms. The van der Waals surface area contributed by atoms with Crippen LogP contribution in [0, 0.1) is 25.5 Å². The molecule has 0 aliphatic rings. The molecule has 5 aromatic rings. The van der Waals surface area contributed by atoms with Gasteiger partial charge in [-0.1, -0.05) is 12.1 Å². The van der Waals surface area contributed by atoms with E-state index in [-0.39, 0.29) is 24.3 Å². The molecule has 0 aliphatic carbocycles. The number of aryl methyl sites for hydroxylation is 2. The highest BCUT2D eigenvalue weighted by Crippen LogP contribution is 2.31. The first kappa shape index (κ1) is 26.0. The third-order valence-electron chi connectivity index (χ3n) is 6.19. The Morgan fingerprint density at radius 3 is 2.54 bits per heavy atom. The third kappa shape index (κ3) is 5.09. The van der Waals surface area contributed by atoms with E-state index >= 15 is 0 Å². The normalized spacial score (nSPS) is 11.8. The van der Waals surface area contributed by atoms with E-state index in [0.29, 0.717) is 39.8 Å². The highest BCUT2D eigenvalue weighted by atomic mass is 19.4. The topological polar surface area (TPSA) is 74.8 Å². The van der Waals surface area contributed by atoms with Crippen molar-refractivity contribution in [2.45, 2.75) is 33.2 Å². The van der Waals surface area contributed by atoms with Crippen LogP contribution in [0.3, 0.4) is 0 Å². The van der Waals surface area contributed by atoms with E-state index in [0.717, 1.165) is 23.0 Å². The molecule has 0 saturated carbocycles. The fourth-order valence-corrected chi connectivity index (χ4v) is 4.30. The number of fused-ring (bicyclic) bond motifs is 1. The number of pyridine rings is 3. The van der Waals surface area contributed by atoms with Crippen LogP contribution >= 0.6 is 0 Å². The van der Waals surface area contributed by atoms with E-state index in [2.05, 4.69) is 15.1 Å². The van der Waals surface area contributed by atoms with Crippen molar-refractivity contribution in [1.29, 1.82) is 0 Å². The fraction of sp³-hybridized carbons (Fsp3) is 0.185. The first-order valence-electron chi connectivity index (χ1n) is 11.7. The van der Waals surface area contributed by atoms with E-state index in [1.165, 1.54) is 17.1 Å². The van der Waals surface area contributed by atoms with Gasteiger partial charge in [-0.15, -0.1) is 0 Å². The number of aromatic nitrogens is 5. The van der Waals surface area contributed by atoms with Gasteiger partial charge >= 0.3 is 6.18 Å². The van der Waals surface area contributed by atoms with Gasteiger partial charge in [0.1, 0.15) is 29.3 Å². The summed E-state index contributed by atoms with van der Waals surface area (Å²) in [6.07, 6.45) is -0.347. The Morgan fingerprint density at radius 2 is 1.82 bits per heavy atom. The number of nitrogens with zero attached hydrogens (tertiary/aromatic N) is 5. The van der Waals surface area contributed by atoms with Crippen molar-refractivity contribution < 1.29 is 26.7 Å². The minimum atomic E-state index is -4.83. The molecule has 200 valence electrons. The van der Waals surface area contributed by atoms with Crippen molar-refractivity contribution in [1.82, 2.24) is 24.3 Å². The summed E-state index contributed by atoms with van der Waals surface area (Å²) in [6, 6.07) is 8.61. The molecule has 7 nitrogen and oxygen atoms in total. The fourth-order valence-electron chi connectivity index (χ4n) is 4.30. The van der Waals surface area contributed by atoms with Gasteiger partial charge in [-0.3, -0.25) is 9.78 Å². The lowest BCUT2D eigenvalue weighted by Gasteiger charge is -2.17. The monoisotopic (exact) mass is 541 g/mol. The molecule has 0 spiro atoms. The molecule has 39 heavy (non-hydrogen) atoms. The van der Waals surface area contributed by atoms with Gasteiger partial charge in [-0.05, 0) is 38.1 Å². The van der Waals surface area contributed by atoms with Crippen LogP contribution in [0.15, 0.2) is 66.0 Å². The van der Waals surface area contributed by atoms with Gasteiger partial charge in [-0.25, -0.2) is 18.4 Å². The standard InChI is InChI=1S/C27H20F5N5O2/c1-15-9-23(37-12-17(28)10-34-37)18-5-3-7-24(25(18)35-15)39-14-20-19(16(2)33-11-22(20)29)13-36-8-4-6-21(26(36)38)27(30,31)32/h3-12H,13-14H2,1-2H3. The molecular weight excluding hydrogens is 521 g/mol. The number of hydrogen-bond donors (Lipinski definition) is 0. The molecule has 0 atom stereocenters. The van der Waals surface area contributed by atoms with Crippen LogP contribution in [-0.2, 0) is 19.3 Å². The van der Waals surface area contributed by atoms with Gasteiger partial charge in [0.15, 0.2) is 5.82 Å². The molecule has 0 aliphatic heterocycles. The van der Waals surface area contributed by atoms with Gasteiger partial charge < -0.3 is 9.30 Å². The van der Waals surface area contributed by atoms with Crippen molar-refractivity contribution >= 4 is 10.9 Å². The first-order valence-corrected chi connectivity index (χ1v) is 11.7. The Morgan fingerprint density at radius 1 is 1.03 bits per heavy atom. The molecule has 12 heteroatoms. The van der Waals surface area contributed by atoms with Crippen molar-refractivity contribution in [3.05, 3.63) is 111 Å². The van der Waals surface area contributed by atoms with E-state index in [9.17, 15) is 26.7 Å². The summed E-state index contributed by atoms with van der Waals surface area (Å²) in [7, 11) is 0. The lowest BCUT2D eigenvalue weighted by atomic mass is 10.1. The number of alkyl halides is 3. The molecule has 0 amide bonds. The van der Waals surface area contributed by atoms with Gasteiger partial charge in [-0.2, -0.15) is 18.3 Å². The number of para-hydroxylation sites is 1. The lowest BCUT2D eigenvalue weighted by Crippen LogP contribution is -2.29. The summed E-state index contributed by atoms with van der Waals surface area (Å²) in [5, 5.41) is 4.62. The van der Waals surface area contributed by atoms with Crippen LogP contribution in [-0.4, -0.2) is 24.3 Å². The zero-order valence-corrected chi connectivity index (χ0v) is 20.6. The Balaban J connectivity index is 1.52. The first-order chi connectivity index (χ1) is 18.5. The largest absolute Gasteiger partial charge is 0.486 e. The molecule has 0 saturated heterocycles. The second-order valence-electron chi connectivity index (χ2n) is 8.83. The number of benzene rings is 1.